The molecule has 0 aromatic carbocycles. The average molecular weight is 459 g/mol. The molecule has 1 amide bonds. The van der Waals surface area contributed by atoms with E-state index < -0.39 is 22.3 Å². The highest BCUT2D eigenvalue weighted by molar-refractivity contribution is 7.85. The van der Waals surface area contributed by atoms with Crippen molar-refractivity contribution in [2.75, 3.05) is 26.4 Å². The molecule has 10 nitrogen and oxygen atoms in total. The molecule has 2 heterocycles. The third kappa shape index (κ3) is 5.58. The number of carbonyl (C=O) groups is 1. The van der Waals surface area contributed by atoms with Crippen molar-refractivity contribution in [1.29, 1.82) is 5.26 Å². The van der Waals surface area contributed by atoms with Crippen LogP contribution in [0.3, 0.4) is 0 Å². The predicted molar refractivity (Wildman–Crippen MR) is 111 cm³/mol. The van der Waals surface area contributed by atoms with Crippen LogP contribution in [0.1, 0.15) is 46.1 Å². The fraction of sp³-hybridized carbons (Fsp3) is 0.789. The van der Waals surface area contributed by atoms with E-state index >= 15 is 0 Å². The van der Waals surface area contributed by atoms with Gasteiger partial charge >= 0.3 is 0 Å². The van der Waals surface area contributed by atoms with Gasteiger partial charge in [-0.15, -0.1) is 0 Å². The second kappa shape index (κ2) is 9.18. The number of amides is 1. The number of alkyl halides is 1. The van der Waals surface area contributed by atoms with Crippen molar-refractivity contribution in [2.45, 2.75) is 63.8 Å². The Balaban J connectivity index is 0.000000614. The van der Waals surface area contributed by atoms with Gasteiger partial charge in [0.25, 0.3) is 10.1 Å². The average Bonchev–Trinajstić information content (AvgIpc) is 3.33. The van der Waals surface area contributed by atoms with Gasteiger partial charge in [0.05, 0.1) is 31.5 Å². The SMILES string of the molecule is CN(CC(=O)N1C[C@@H](F)C[C@H]1C#N)[C@@]1(C)CC[C@@H](n2cncn2)C1(C)C.CS(=O)(=O)O. The Kier molecular flexibility index (Phi) is 7.45. The standard InChI is InChI=1S/C18H27FN6O.CH4O3S/c1-17(2)15(25-12-21-11-22-25)5-6-18(17,3)23(4)10-16(26)24-9-13(19)7-14(24)8-20;1-5(2,3)4/h11-15H,5-7,9-10H2,1-4H3;1H3,(H,2,3,4)/t13-,14-,15+,18-;/m0./s1. The number of nitriles is 1. The van der Waals surface area contributed by atoms with Crippen LogP contribution in [0.25, 0.3) is 0 Å². The number of rotatable bonds is 4. The molecule has 2 aliphatic rings. The van der Waals surface area contributed by atoms with E-state index in [0.717, 1.165) is 12.8 Å². The molecule has 1 aromatic heterocycles. The summed E-state index contributed by atoms with van der Waals surface area (Å²) in [5.41, 5.74) is -0.367. The van der Waals surface area contributed by atoms with Crippen molar-refractivity contribution < 1.29 is 22.2 Å². The highest BCUT2D eigenvalue weighted by Crippen LogP contribution is 2.54. The zero-order chi connectivity index (χ0) is 23.6. The van der Waals surface area contributed by atoms with Crippen LogP contribution in [0.5, 0.6) is 0 Å². The Bertz CT molecular complexity index is 908. The van der Waals surface area contributed by atoms with E-state index in [1.807, 2.05) is 17.8 Å². The van der Waals surface area contributed by atoms with E-state index in [2.05, 4.69) is 35.8 Å². The van der Waals surface area contributed by atoms with Crippen LogP contribution in [0.15, 0.2) is 12.7 Å². The van der Waals surface area contributed by atoms with Crippen LogP contribution >= 0.6 is 0 Å². The van der Waals surface area contributed by atoms with Gasteiger partial charge in [-0.3, -0.25) is 14.2 Å². The summed E-state index contributed by atoms with van der Waals surface area (Å²) in [6.07, 6.45) is 4.87. The Morgan fingerprint density at radius 3 is 2.55 bits per heavy atom. The van der Waals surface area contributed by atoms with Crippen LogP contribution in [0, 0.1) is 16.7 Å². The quantitative estimate of drug-likeness (QED) is 0.668. The third-order valence-corrected chi connectivity index (χ3v) is 6.82. The molecule has 0 radical (unpaired) electrons. The molecule has 1 aliphatic heterocycles. The third-order valence-electron chi connectivity index (χ3n) is 6.82. The number of likely N-dealkylation sites (N-methyl/N-ethyl adjacent to an activating group) is 1. The first-order valence-corrected chi connectivity index (χ1v) is 11.9. The van der Waals surface area contributed by atoms with Gasteiger partial charge in [0, 0.05) is 17.4 Å². The molecule has 0 unspecified atom stereocenters. The molecular formula is C19H31FN6O4S. The van der Waals surface area contributed by atoms with Crippen molar-refractivity contribution in [1.82, 2.24) is 24.6 Å². The predicted octanol–water partition coefficient (Wildman–Crippen LogP) is 1.30. The second-order valence-corrected chi connectivity index (χ2v) is 10.5. The van der Waals surface area contributed by atoms with Crippen molar-refractivity contribution >= 4 is 16.0 Å². The van der Waals surface area contributed by atoms with Gasteiger partial charge < -0.3 is 4.90 Å². The zero-order valence-corrected chi connectivity index (χ0v) is 19.4. The van der Waals surface area contributed by atoms with E-state index in [-0.39, 0.29) is 42.4 Å². The van der Waals surface area contributed by atoms with Crippen LogP contribution < -0.4 is 0 Å². The van der Waals surface area contributed by atoms with Crippen LogP contribution in [0.4, 0.5) is 4.39 Å². The summed E-state index contributed by atoms with van der Waals surface area (Å²) >= 11 is 0. The van der Waals surface area contributed by atoms with E-state index in [1.165, 1.54) is 4.90 Å². The number of carbonyl (C=O) groups excluding carboxylic acids is 1. The summed E-state index contributed by atoms with van der Waals surface area (Å²) in [6, 6.07) is 1.59. The first kappa shape index (κ1) is 25.2. The largest absolute Gasteiger partial charge is 0.323 e. The van der Waals surface area contributed by atoms with Gasteiger partial charge in [-0.25, -0.2) is 14.1 Å². The van der Waals surface area contributed by atoms with Crippen molar-refractivity contribution in [3.8, 4) is 6.07 Å². The highest BCUT2D eigenvalue weighted by Gasteiger charge is 2.55. The molecular weight excluding hydrogens is 427 g/mol. The molecule has 0 spiro atoms. The molecule has 174 valence electrons. The number of likely N-dealkylation sites (tertiary alicyclic amines) is 1. The molecule has 1 aromatic rings. The molecule has 1 aliphatic carbocycles. The number of aromatic nitrogens is 3. The van der Waals surface area contributed by atoms with Crippen LogP contribution in [-0.2, 0) is 14.9 Å². The summed E-state index contributed by atoms with van der Waals surface area (Å²) in [5.74, 6) is -0.180. The van der Waals surface area contributed by atoms with E-state index in [0.29, 0.717) is 6.26 Å². The minimum atomic E-state index is -3.67. The molecule has 2 fully saturated rings. The maximum absolute atomic E-state index is 13.6. The molecule has 31 heavy (non-hydrogen) atoms. The van der Waals surface area contributed by atoms with E-state index in [1.54, 1.807) is 12.7 Å². The normalized spacial score (nSPS) is 30.0. The van der Waals surface area contributed by atoms with Gasteiger partial charge in [-0.2, -0.15) is 18.8 Å². The Morgan fingerprint density at radius 2 is 2.03 bits per heavy atom. The van der Waals surface area contributed by atoms with Gasteiger partial charge in [-0.1, -0.05) is 13.8 Å². The monoisotopic (exact) mass is 458 g/mol. The summed E-state index contributed by atoms with van der Waals surface area (Å²) in [5, 5.41) is 13.5. The van der Waals surface area contributed by atoms with Gasteiger partial charge in [0.2, 0.25) is 5.91 Å². The van der Waals surface area contributed by atoms with Gasteiger partial charge in [0.15, 0.2) is 0 Å². The van der Waals surface area contributed by atoms with E-state index in [4.69, 9.17) is 4.55 Å². The lowest BCUT2D eigenvalue weighted by Crippen LogP contribution is -2.56. The minimum Gasteiger partial charge on any atom is -0.323 e. The zero-order valence-electron chi connectivity index (χ0n) is 18.6. The summed E-state index contributed by atoms with van der Waals surface area (Å²) in [6.45, 7) is 6.75. The molecule has 1 saturated carbocycles. The minimum absolute atomic E-state index is 0.0204. The maximum atomic E-state index is 13.6. The molecule has 12 heteroatoms. The van der Waals surface area contributed by atoms with Crippen molar-refractivity contribution in [3.63, 3.8) is 0 Å². The first-order chi connectivity index (χ1) is 14.2. The Hall–Kier alpha value is -2.10. The fourth-order valence-electron chi connectivity index (χ4n) is 4.63. The number of hydrogen-bond acceptors (Lipinski definition) is 7. The molecule has 1 saturated heterocycles. The lowest BCUT2D eigenvalue weighted by molar-refractivity contribution is -0.134. The fourth-order valence-corrected chi connectivity index (χ4v) is 4.63. The number of nitrogens with zero attached hydrogens (tertiary/aromatic N) is 6. The lowest BCUT2D eigenvalue weighted by atomic mass is 9.73. The molecule has 4 atom stereocenters. The number of hydrogen-bond donors (Lipinski definition) is 1. The van der Waals surface area contributed by atoms with Crippen molar-refractivity contribution in [3.05, 3.63) is 12.7 Å². The van der Waals surface area contributed by atoms with Crippen LogP contribution in [-0.4, -0.2) is 87.6 Å². The topological polar surface area (TPSA) is 132 Å². The summed E-state index contributed by atoms with van der Waals surface area (Å²) in [7, 11) is -1.73. The molecule has 3 rings (SSSR count). The van der Waals surface area contributed by atoms with Crippen molar-refractivity contribution in [2.24, 2.45) is 5.41 Å². The van der Waals surface area contributed by atoms with Gasteiger partial charge in [0.1, 0.15) is 24.9 Å². The summed E-state index contributed by atoms with van der Waals surface area (Å²) in [4.78, 5) is 20.2. The van der Waals surface area contributed by atoms with Crippen LogP contribution in [0.2, 0.25) is 0 Å². The number of halogens is 1. The maximum Gasteiger partial charge on any atom is 0.261 e. The summed E-state index contributed by atoms with van der Waals surface area (Å²) < 4.78 is 41.4. The molecule has 1 N–H and O–H groups in total. The Labute approximate surface area is 182 Å². The second-order valence-electron chi connectivity index (χ2n) is 9.04. The Morgan fingerprint density at radius 1 is 1.42 bits per heavy atom. The highest BCUT2D eigenvalue weighted by atomic mass is 32.2. The van der Waals surface area contributed by atoms with E-state index in [9.17, 15) is 22.9 Å². The first-order valence-electron chi connectivity index (χ1n) is 10.0. The molecule has 0 bridgehead atoms. The smallest absolute Gasteiger partial charge is 0.261 e. The lowest BCUT2D eigenvalue weighted by Gasteiger charge is -2.47. The van der Waals surface area contributed by atoms with Gasteiger partial charge in [-0.05, 0) is 26.8 Å².